The van der Waals surface area contributed by atoms with Gasteiger partial charge in [0.05, 0.1) is 5.69 Å². The number of aromatic nitrogens is 2. The molecule has 0 saturated heterocycles. The molecule has 1 fully saturated rings. The number of aliphatic carboxylic acids is 1. The summed E-state index contributed by atoms with van der Waals surface area (Å²) in [6.45, 7) is 3.98. The van der Waals surface area contributed by atoms with Crippen molar-refractivity contribution in [3.8, 4) is 0 Å². The predicted molar refractivity (Wildman–Crippen MR) is 64.4 cm³/mol. The van der Waals surface area contributed by atoms with Crippen LogP contribution in [-0.4, -0.2) is 32.3 Å². The van der Waals surface area contributed by atoms with E-state index in [-0.39, 0.29) is 11.8 Å². The third kappa shape index (κ3) is 2.10. The van der Waals surface area contributed by atoms with E-state index in [1.807, 2.05) is 13.8 Å². The van der Waals surface area contributed by atoms with Gasteiger partial charge >= 0.3 is 5.97 Å². The van der Waals surface area contributed by atoms with E-state index in [9.17, 15) is 9.59 Å². The summed E-state index contributed by atoms with van der Waals surface area (Å²) in [4.78, 5) is 23.0. The van der Waals surface area contributed by atoms with Crippen LogP contribution in [0.3, 0.4) is 0 Å². The molecule has 1 amide bonds. The van der Waals surface area contributed by atoms with E-state index in [1.165, 1.54) is 4.68 Å². The molecular formula is C12H17N3O3. The quantitative estimate of drug-likeness (QED) is 0.832. The molecule has 0 atom stereocenters. The molecular weight excluding hydrogens is 234 g/mol. The minimum absolute atomic E-state index is 0.229. The maximum Gasteiger partial charge on any atom is 0.329 e. The molecule has 18 heavy (non-hydrogen) atoms. The van der Waals surface area contributed by atoms with Gasteiger partial charge < -0.3 is 10.4 Å². The van der Waals surface area contributed by atoms with Gasteiger partial charge in [0.1, 0.15) is 11.2 Å². The van der Waals surface area contributed by atoms with E-state index in [4.69, 9.17) is 5.11 Å². The summed E-state index contributed by atoms with van der Waals surface area (Å²) in [5, 5.41) is 15.8. The van der Waals surface area contributed by atoms with E-state index >= 15 is 0 Å². The number of carboxylic acids is 1. The van der Waals surface area contributed by atoms with Crippen molar-refractivity contribution in [3.05, 3.63) is 17.5 Å². The summed E-state index contributed by atoms with van der Waals surface area (Å²) < 4.78 is 1.49. The SMILES string of the molecule is CC(C)c1cc(C(=O)NC2(C(=O)O)CC2)n(C)n1. The Morgan fingerprint density at radius 1 is 1.50 bits per heavy atom. The monoisotopic (exact) mass is 251 g/mol. The highest BCUT2D eigenvalue weighted by Gasteiger charge is 2.51. The average molecular weight is 251 g/mol. The van der Waals surface area contributed by atoms with Crippen molar-refractivity contribution in [2.75, 3.05) is 0 Å². The van der Waals surface area contributed by atoms with Crippen molar-refractivity contribution in [1.82, 2.24) is 15.1 Å². The number of hydrogen-bond acceptors (Lipinski definition) is 3. The standard InChI is InChI=1S/C12H17N3O3/c1-7(2)8-6-9(15(3)14-8)10(16)13-12(4-5-12)11(17)18/h6-7H,4-5H2,1-3H3,(H,13,16)(H,17,18). The average Bonchev–Trinajstić information content (AvgIpc) is 2.94. The molecule has 0 aromatic carbocycles. The zero-order chi connectivity index (χ0) is 13.5. The van der Waals surface area contributed by atoms with Crippen LogP contribution in [0, 0.1) is 0 Å². The van der Waals surface area contributed by atoms with Gasteiger partial charge in [0.2, 0.25) is 0 Å². The molecule has 2 rings (SSSR count). The second-order valence-corrected chi connectivity index (χ2v) is 5.07. The highest BCUT2D eigenvalue weighted by molar-refractivity contribution is 5.97. The van der Waals surface area contributed by atoms with Gasteiger partial charge in [-0.2, -0.15) is 5.10 Å². The number of carboxylic acid groups (broad SMARTS) is 1. The van der Waals surface area contributed by atoms with Crippen molar-refractivity contribution in [1.29, 1.82) is 0 Å². The fraction of sp³-hybridized carbons (Fsp3) is 0.583. The minimum atomic E-state index is -1.06. The molecule has 98 valence electrons. The van der Waals surface area contributed by atoms with E-state index in [1.54, 1.807) is 13.1 Å². The molecule has 1 heterocycles. The van der Waals surface area contributed by atoms with Gasteiger partial charge in [0.25, 0.3) is 5.91 Å². The van der Waals surface area contributed by atoms with Crippen LogP contribution in [0.2, 0.25) is 0 Å². The maximum absolute atomic E-state index is 12.0. The molecule has 1 aliphatic carbocycles. The molecule has 1 saturated carbocycles. The largest absolute Gasteiger partial charge is 0.480 e. The normalized spacial score (nSPS) is 16.7. The van der Waals surface area contributed by atoms with Gasteiger partial charge in [0, 0.05) is 7.05 Å². The molecule has 0 spiro atoms. The molecule has 6 nitrogen and oxygen atoms in total. The van der Waals surface area contributed by atoms with Crippen LogP contribution in [0.15, 0.2) is 6.07 Å². The summed E-state index contributed by atoms with van der Waals surface area (Å²) in [5.74, 6) is -1.12. The third-order valence-electron chi connectivity index (χ3n) is 3.24. The Bertz CT molecular complexity index is 501. The van der Waals surface area contributed by atoms with Crippen LogP contribution < -0.4 is 5.32 Å². The molecule has 0 unspecified atom stereocenters. The second-order valence-electron chi connectivity index (χ2n) is 5.07. The summed E-state index contributed by atoms with van der Waals surface area (Å²) in [6, 6.07) is 1.71. The molecule has 1 aliphatic rings. The van der Waals surface area contributed by atoms with Crippen molar-refractivity contribution >= 4 is 11.9 Å². The predicted octanol–water partition coefficient (Wildman–Crippen LogP) is 0.890. The molecule has 6 heteroatoms. The molecule has 2 N–H and O–H groups in total. The first-order valence-corrected chi connectivity index (χ1v) is 5.95. The molecule has 0 aliphatic heterocycles. The number of carbonyl (C=O) groups excluding carboxylic acids is 1. The first-order valence-electron chi connectivity index (χ1n) is 5.95. The lowest BCUT2D eigenvalue weighted by atomic mass is 10.1. The number of nitrogens with one attached hydrogen (secondary N) is 1. The Hall–Kier alpha value is -1.85. The molecule has 0 radical (unpaired) electrons. The maximum atomic E-state index is 12.0. The highest BCUT2D eigenvalue weighted by Crippen LogP contribution is 2.35. The van der Waals surface area contributed by atoms with Crippen LogP contribution in [0.1, 0.15) is 48.8 Å². The van der Waals surface area contributed by atoms with Crippen molar-refractivity contribution in [3.63, 3.8) is 0 Å². The topological polar surface area (TPSA) is 84.2 Å². The van der Waals surface area contributed by atoms with E-state index in [0.717, 1.165) is 5.69 Å². The first-order chi connectivity index (χ1) is 8.35. The summed E-state index contributed by atoms with van der Waals surface area (Å²) >= 11 is 0. The van der Waals surface area contributed by atoms with Crippen molar-refractivity contribution in [2.45, 2.75) is 38.1 Å². The van der Waals surface area contributed by atoms with Gasteiger partial charge in [-0.1, -0.05) is 13.8 Å². The zero-order valence-corrected chi connectivity index (χ0v) is 10.7. The van der Waals surface area contributed by atoms with Gasteiger partial charge in [-0.05, 0) is 24.8 Å². The Morgan fingerprint density at radius 3 is 2.50 bits per heavy atom. The van der Waals surface area contributed by atoms with Crippen LogP contribution in [0.4, 0.5) is 0 Å². The van der Waals surface area contributed by atoms with Crippen LogP contribution in [0.25, 0.3) is 0 Å². The fourth-order valence-corrected chi connectivity index (χ4v) is 1.78. The van der Waals surface area contributed by atoms with Gasteiger partial charge in [0.15, 0.2) is 0 Å². The van der Waals surface area contributed by atoms with E-state index < -0.39 is 11.5 Å². The third-order valence-corrected chi connectivity index (χ3v) is 3.24. The van der Waals surface area contributed by atoms with Gasteiger partial charge in [-0.15, -0.1) is 0 Å². The highest BCUT2D eigenvalue weighted by atomic mass is 16.4. The lowest BCUT2D eigenvalue weighted by Crippen LogP contribution is -2.43. The molecule has 1 aromatic rings. The Morgan fingerprint density at radius 2 is 2.11 bits per heavy atom. The number of amides is 1. The number of rotatable bonds is 4. The lowest BCUT2D eigenvalue weighted by molar-refractivity contribution is -0.140. The van der Waals surface area contributed by atoms with Gasteiger partial charge in [-0.3, -0.25) is 9.48 Å². The van der Waals surface area contributed by atoms with Crippen LogP contribution in [-0.2, 0) is 11.8 Å². The Balaban J connectivity index is 2.17. The summed E-state index contributed by atoms with van der Waals surface area (Å²) in [6.07, 6.45) is 0.978. The minimum Gasteiger partial charge on any atom is -0.480 e. The Kier molecular flexibility index (Phi) is 2.88. The van der Waals surface area contributed by atoms with Gasteiger partial charge in [-0.25, -0.2) is 4.79 Å². The molecule has 0 bridgehead atoms. The smallest absolute Gasteiger partial charge is 0.329 e. The number of aryl methyl sites for hydroxylation is 1. The molecule has 1 aromatic heterocycles. The summed E-state index contributed by atoms with van der Waals surface area (Å²) in [7, 11) is 1.68. The zero-order valence-electron chi connectivity index (χ0n) is 10.7. The van der Waals surface area contributed by atoms with E-state index in [2.05, 4.69) is 10.4 Å². The van der Waals surface area contributed by atoms with E-state index in [0.29, 0.717) is 18.5 Å². The van der Waals surface area contributed by atoms with Crippen molar-refractivity contribution in [2.24, 2.45) is 7.05 Å². The van der Waals surface area contributed by atoms with Crippen LogP contribution in [0.5, 0.6) is 0 Å². The number of nitrogens with zero attached hydrogens (tertiary/aromatic N) is 2. The number of carbonyl (C=O) groups is 2. The summed E-state index contributed by atoms with van der Waals surface area (Å²) in [5.41, 5.74) is 0.161. The lowest BCUT2D eigenvalue weighted by Gasteiger charge is -2.11. The van der Waals surface area contributed by atoms with Crippen molar-refractivity contribution < 1.29 is 14.7 Å². The number of hydrogen-bond donors (Lipinski definition) is 2. The Labute approximate surface area is 105 Å². The fourth-order valence-electron chi connectivity index (χ4n) is 1.78. The first kappa shape index (κ1) is 12.6. The second kappa shape index (κ2) is 4.12. The van der Waals surface area contributed by atoms with Crippen LogP contribution >= 0.6 is 0 Å².